The molecular formula is C24H20N4S2. The smallest absolute Gasteiger partial charge is 0.106 e. The van der Waals surface area contributed by atoms with Crippen LogP contribution in [0.15, 0.2) is 97.6 Å². The van der Waals surface area contributed by atoms with Crippen LogP contribution >= 0.6 is 25.7 Å². The predicted octanol–water partition coefficient (Wildman–Crippen LogP) is 5.12. The van der Waals surface area contributed by atoms with Crippen LogP contribution in [0.1, 0.15) is 11.1 Å². The van der Waals surface area contributed by atoms with Gasteiger partial charge in [-0.25, -0.2) is 0 Å². The summed E-state index contributed by atoms with van der Waals surface area (Å²) in [6.07, 6.45) is 6.72. The number of nitrogens with two attached hydrogens (primary N) is 1. The number of nitrogens with zero attached hydrogens (tertiary/aromatic N) is 3. The summed E-state index contributed by atoms with van der Waals surface area (Å²) >= 11 is 4.99. The average molecular weight is 429 g/mol. The molecule has 4 nitrogen and oxygen atoms in total. The molecule has 2 heterocycles. The largest absolute Gasteiger partial charge is 0.389 e. The third-order valence-corrected chi connectivity index (χ3v) is 4.42. The summed E-state index contributed by atoms with van der Waals surface area (Å²) in [5, 5.41) is 8.89. The minimum absolute atomic E-state index is 0. The Morgan fingerprint density at radius 3 is 1.80 bits per heavy atom. The fourth-order valence-corrected chi connectivity index (χ4v) is 2.98. The summed E-state index contributed by atoms with van der Waals surface area (Å²) in [6.45, 7) is 0. The van der Waals surface area contributed by atoms with Gasteiger partial charge in [0.1, 0.15) is 11.1 Å². The number of aromatic nitrogens is 2. The molecule has 0 unspecified atom stereocenters. The van der Waals surface area contributed by atoms with Crippen molar-refractivity contribution < 1.29 is 0 Å². The zero-order chi connectivity index (χ0) is 20.5. The van der Waals surface area contributed by atoms with E-state index < -0.39 is 0 Å². The molecule has 0 amide bonds. The van der Waals surface area contributed by atoms with Gasteiger partial charge in [0.15, 0.2) is 0 Å². The van der Waals surface area contributed by atoms with E-state index in [1.54, 1.807) is 24.8 Å². The van der Waals surface area contributed by atoms with Gasteiger partial charge >= 0.3 is 0 Å². The molecule has 0 radical (unpaired) electrons. The highest BCUT2D eigenvalue weighted by molar-refractivity contribution is 7.80. The van der Waals surface area contributed by atoms with Gasteiger partial charge in [-0.2, -0.15) is 18.8 Å². The lowest BCUT2D eigenvalue weighted by Crippen LogP contribution is -2.11. The van der Waals surface area contributed by atoms with Crippen LogP contribution in [0.5, 0.6) is 0 Å². The molecule has 0 saturated carbocycles. The van der Waals surface area contributed by atoms with Crippen LogP contribution in [0.25, 0.3) is 22.3 Å². The Labute approximate surface area is 188 Å². The second-order valence-corrected chi connectivity index (χ2v) is 6.49. The molecule has 148 valence electrons. The van der Waals surface area contributed by atoms with Crippen molar-refractivity contribution >= 4 is 30.7 Å². The molecule has 2 aromatic heterocycles. The van der Waals surface area contributed by atoms with Crippen LogP contribution in [-0.2, 0) is 0 Å². The number of benzene rings is 2. The van der Waals surface area contributed by atoms with Crippen molar-refractivity contribution in [3.8, 4) is 28.3 Å². The second-order valence-electron chi connectivity index (χ2n) is 6.05. The monoisotopic (exact) mass is 428 g/mol. The van der Waals surface area contributed by atoms with Crippen LogP contribution in [0.2, 0.25) is 0 Å². The van der Waals surface area contributed by atoms with Gasteiger partial charge in [-0.05, 0) is 28.8 Å². The molecule has 0 aliphatic heterocycles. The zero-order valence-corrected chi connectivity index (χ0v) is 17.9. The Hall–Kier alpha value is -3.53. The number of thiocarbonyl (C=S) groups is 1. The van der Waals surface area contributed by atoms with E-state index in [2.05, 4.69) is 16.0 Å². The summed E-state index contributed by atoms with van der Waals surface area (Å²) in [6, 6.07) is 25.7. The first-order chi connectivity index (χ1) is 14.2. The second kappa shape index (κ2) is 11.5. The molecule has 0 fully saturated rings. The molecule has 2 N–H and O–H groups in total. The molecule has 0 atom stereocenters. The van der Waals surface area contributed by atoms with Gasteiger partial charge in [-0.15, -0.1) is 0 Å². The maximum Gasteiger partial charge on any atom is 0.106 e. The van der Waals surface area contributed by atoms with E-state index in [1.807, 2.05) is 72.8 Å². The quantitative estimate of drug-likeness (QED) is 0.459. The number of nitriles is 1. The normalized spacial score (nSPS) is 9.30. The minimum atomic E-state index is 0. The van der Waals surface area contributed by atoms with Crippen LogP contribution in [0.4, 0.5) is 0 Å². The van der Waals surface area contributed by atoms with Crippen molar-refractivity contribution in [2.24, 2.45) is 5.73 Å². The van der Waals surface area contributed by atoms with Crippen LogP contribution in [0, 0.1) is 11.3 Å². The van der Waals surface area contributed by atoms with Crippen LogP contribution in [-0.4, -0.2) is 15.0 Å². The van der Waals surface area contributed by atoms with Gasteiger partial charge in [0.05, 0.1) is 5.56 Å². The summed E-state index contributed by atoms with van der Waals surface area (Å²) in [7, 11) is 0. The van der Waals surface area contributed by atoms with Crippen molar-refractivity contribution in [3.05, 3.63) is 109 Å². The Morgan fingerprint density at radius 2 is 1.27 bits per heavy atom. The minimum Gasteiger partial charge on any atom is -0.389 e. The Kier molecular flexibility index (Phi) is 8.70. The Morgan fingerprint density at radius 1 is 0.767 bits per heavy atom. The van der Waals surface area contributed by atoms with Gasteiger partial charge in [0, 0.05) is 35.9 Å². The molecule has 0 bridgehead atoms. The van der Waals surface area contributed by atoms with Crippen molar-refractivity contribution in [3.63, 3.8) is 0 Å². The fraction of sp³-hybridized carbons (Fsp3) is 0. The average Bonchev–Trinajstić information content (AvgIpc) is 2.80. The maximum absolute atomic E-state index is 8.89. The first-order valence-electron chi connectivity index (χ1n) is 8.89. The topological polar surface area (TPSA) is 75.6 Å². The molecule has 4 rings (SSSR count). The first kappa shape index (κ1) is 22.8. The third-order valence-electron chi connectivity index (χ3n) is 4.20. The molecule has 0 saturated heterocycles. The van der Waals surface area contributed by atoms with E-state index in [1.165, 1.54) is 0 Å². The van der Waals surface area contributed by atoms with Crippen molar-refractivity contribution in [1.29, 1.82) is 5.26 Å². The molecule has 0 spiro atoms. The van der Waals surface area contributed by atoms with Crippen LogP contribution in [0.3, 0.4) is 0 Å². The molecular weight excluding hydrogens is 408 g/mol. The molecule has 0 aliphatic carbocycles. The SMILES string of the molecule is N#Cc1cnccc1-c1ccccc1.NC(=S)c1cnccc1-c1ccccc1.S. The lowest BCUT2D eigenvalue weighted by molar-refractivity contribution is 1.30. The van der Waals surface area contributed by atoms with E-state index in [0.717, 1.165) is 27.8 Å². The lowest BCUT2D eigenvalue weighted by atomic mass is 10.0. The van der Waals surface area contributed by atoms with Crippen molar-refractivity contribution in [2.75, 3.05) is 0 Å². The first-order valence-corrected chi connectivity index (χ1v) is 9.30. The standard InChI is InChI=1S/C12H10N2S.C12H8N2.H2S/c13-12(15)11-8-14-7-6-10(11)9-4-2-1-3-5-9;13-8-11-9-14-7-6-12(11)10-4-2-1-3-5-10;/h1-8H,(H2,13,15);1-7,9H;1H2. The number of hydrogen-bond donors (Lipinski definition) is 1. The highest BCUT2D eigenvalue weighted by Crippen LogP contribution is 2.22. The molecule has 0 aliphatic rings. The summed E-state index contributed by atoms with van der Waals surface area (Å²) in [4.78, 5) is 8.32. The van der Waals surface area contributed by atoms with Crippen molar-refractivity contribution in [2.45, 2.75) is 0 Å². The Balaban J connectivity index is 0.000000207. The van der Waals surface area contributed by atoms with Gasteiger partial charge in [-0.3, -0.25) is 9.97 Å². The number of pyridine rings is 2. The van der Waals surface area contributed by atoms with E-state index >= 15 is 0 Å². The summed E-state index contributed by atoms with van der Waals surface area (Å²) < 4.78 is 0. The fourth-order valence-electron chi connectivity index (χ4n) is 2.81. The summed E-state index contributed by atoms with van der Waals surface area (Å²) in [5.74, 6) is 0. The van der Waals surface area contributed by atoms with E-state index in [4.69, 9.17) is 23.2 Å². The van der Waals surface area contributed by atoms with E-state index in [0.29, 0.717) is 10.6 Å². The molecule has 4 aromatic rings. The van der Waals surface area contributed by atoms with Crippen molar-refractivity contribution in [1.82, 2.24) is 9.97 Å². The zero-order valence-electron chi connectivity index (χ0n) is 16.1. The van der Waals surface area contributed by atoms with E-state index in [-0.39, 0.29) is 13.5 Å². The van der Waals surface area contributed by atoms with Crippen LogP contribution < -0.4 is 5.73 Å². The number of hydrogen-bond acceptors (Lipinski definition) is 4. The highest BCUT2D eigenvalue weighted by Gasteiger charge is 2.06. The predicted molar refractivity (Wildman–Crippen MR) is 130 cm³/mol. The highest BCUT2D eigenvalue weighted by atomic mass is 32.1. The number of rotatable bonds is 3. The Bertz CT molecular complexity index is 1140. The maximum atomic E-state index is 8.89. The molecule has 6 heteroatoms. The molecule has 2 aromatic carbocycles. The molecule has 30 heavy (non-hydrogen) atoms. The van der Waals surface area contributed by atoms with Gasteiger partial charge in [-0.1, -0.05) is 72.9 Å². The van der Waals surface area contributed by atoms with Gasteiger partial charge in [0.25, 0.3) is 0 Å². The summed E-state index contributed by atoms with van der Waals surface area (Å²) in [5.41, 5.74) is 11.2. The van der Waals surface area contributed by atoms with Gasteiger partial charge in [0.2, 0.25) is 0 Å². The third kappa shape index (κ3) is 5.74. The van der Waals surface area contributed by atoms with E-state index in [9.17, 15) is 0 Å². The lowest BCUT2D eigenvalue weighted by Gasteiger charge is -2.06. The van der Waals surface area contributed by atoms with Gasteiger partial charge < -0.3 is 5.73 Å².